The van der Waals surface area contributed by atoms with E-state index in [1.807, 2.05) is 30.3 Å². The normalized spacial score (nSPS) is 12.2. The van der Waals surface area contributed by atoms with Crippen molar-refractivity contribution in [2.75, 3.05) is 0 Å². The molecule has 154 valence electrons. The van der Waals surface area contributed by atoms with Gasteiger partial charge in [-0.25, -0.2) is 5.06 Å². The van der Waals surface area contributed by atoms with Crippen LogP contribution in [0.4, 0.5) is 13.2 Å². The summed E-state index contributed by atoms with van der Waals surface area (Å²) in [5, 5.41) is 1.15. The molecule has 0 aromatic heterocycles. The molecule has 0 saturated heterocycles. The Bertz CT molecular complexity index is 971. The molecule has 6 heteroatoms. The van der Waals surface area contributed by atoms with Gasteiger partial charge in [0.1, 0.15) is 12.6 Å². The van der Waals surface area contributed by atoms with Gasteiger partial charge in [-0.15, -0.1) is 6.58 Å². The fraction of sp³-hybridized carbons (Fsp3) is 0.125. The summed E-state index contributed by atoms with van der Waals surface area (Å²) < 4.78 is 38.7. The van der Waals surface area contributed by atoms with E-state index in [1.54, 1.807) is 30.3 Å². The van der Waals surface area contributed by atoms with E-state index in [4.69, 9.17) is 4.84 Å². The molecule has 1 unspecified atom stereocenters. The highest BCUT2D eigenvalue weighted by Gasteiger charge is 2.31. The van der Waals surface area contributed by atoms with Crippen molar-refractivity contribution < 1.29 is 22.8 Å². The molecule has 0 aliphatic rings. The number of hydrogen-bond donors (Lipinski definition) is 0. The summed E-state index contributed by atoms with van der Waals surface area (Å²) >= 11 is 0. The summed E-state index contributed by atoms with van der Waals surface area (Å²) in [6.45, 7) is 3.88. The first-order chi connectivity index (χ1) is 14.4. The zero-order chi connectivity index (χ0) is 21.6. The van der Waals surface area contributed by atoms with E-state index >= 15 is 0 Å². The molecule has 0 fully saturated rings. The highest BCUT2D eigenvalue weighted by Crippen LogP contribution is 2.32. The lowest BCUT2D eigenvalue weighted by Crippen LogP contribution is -2.34. The number of alkyl halides is 3. The van der Waals surface area contributed by atoms with Gasteiger partial charge in [-0.2, -0.15) is 13.2 Å². The summed E-state index contributed by atoms with van der Waals surface area (Å²) in [4.78, 5) is 19.0. The number of carbonyl (C=O) groups excluding carboxylic acids is 1. The van der Waals surface area contributed by atoms with Crippen LogP contribution in [-0.4, -0.2) is 11.0 Å². The molecule has 0 aliphatic carbocycles. The average Bonchev–Trinajstić information content (AvgIpc) is 2.77. The lowest BCUT2D eigenvalue weighted by Gasteiger charge is -2.29. The summed E-state index contributed by atoms with van der Waals surface area (Å²) in [7, 11) is 0. The van der Waals surface area contributed by atoms with Crippen LogP contribution in [0.5, 0.6) is 0 Å². The fourth-order valence-corrected chi connectivity index (χ4v) is 2.93. The summed E-state index contributed by atoms with van der Waals surface area (Å²) in [5.74, 6) is -0.420. The number of amides is 1. The van der Waals surface area contributed by atoms with E-state index in [1.165, 1.54) is 18.2 Å². The minimum absolute atomic E-state index is 0.115. The van der Waals surface area contributed by atoms with Gasteiger partial charge in [0.2, 0.25) is 0 Å². The lowest BCUT2D eigenvalue weighted by molar-refractivity contribution is -0.151. The number of hydrogen-bond acceptors (Lipinski definition) is 2. The summed E-state index contributed by atoms with van der Waals surface area (Å²) in [6.07, 6.45) is -2.97. The van der Waals surface area contributed by atoms with Crippen molar-refractivity contribution in [2.24, 2.45) is 0 Å². The predicted molar refractivity (Wildman–Crippen MR) is 108 cm³/mol. The average molecular weight is 411 g/mol. The third kappa shape index (κ3) is 5.15. The Morgan fingerprint density at radius 2 is 1.50 bits per heavy atom. The lowest BCUT2D eigenvalue weighted by atomic mass is 10.0. The van der Waals surface area contributed by atoms with Gasteiger partial charge in [0.15, 0.2) is 0 Å². The smallest absolute Gasteiger partial charge is 0.267 e. The maximum atomic E-state index is 13.1. The quantitative estimate of drug-likeness (QED) is 0.342. The number of rotatable bonds is 7. The third-order valence-electron chi connectivity index (χ3n) is 4.49. The van der Waals surface area contributed by atoms with Gasteiger partial charge in [-0.1, -0.05) is 66.7 Å². The van der Waals surface area contributed by atoms with E-state index in [9.17, 15) is 18.0 Å². The minimum atomic E-state index is -4.44. The molecule has 0 saturated carbocycles. The van der Waals surface area contributed by atoms with Crippen LogP contribution in [0.3, 0.4) is 0 Å². The first-order valence-electron chi connectivity index (χ1n) is 9.25. The highest BCUT2D eigenvalue weighted by molar-refractivity contribution is 5.93. The molecule has 0 bridgehead atoms. The predicted octanol–water partition coefficient (Wildman–Crippen LogP) is 6.21. The standard InChI is InChI=1S/C24H20F3NO2/c1-2-22(19-13-15-21(16-14-19)24(25,26)27)28(23(29)20-11-7-4-8-12-20)30-17-18-9-5-3-6-10-18/h2-16,22H,1,17H2. The van der Waals surface area contributed by atoms with Crippen LogP contribution in [0, 0.1) is 0 Å². The van der Waals surface area contributed by atoms with Gasteiger partial charge in [0.05, 0.1) is 5.56 Å². The summed E-state index contributed by atoms with van der Waals surface area (Å²) in [5.41, 5.74) is 0.929. The van der Waals surface area contributed by atoms with Crippen LogP contribution in [0.2, 0.25) is 0 Å². The Morgan fingerprint density at radius 1 is 0.933 bits per heavy atom. The van der Waals surface area contributed by atoms with Crippen LogP contribution < -0.4 is 0 Å². The number of nitrogens with zero attached hydrogens (tertiary/aromatic N) is 1. The fourth-order valence-electron chi connectivity index (χ4n) is 2.93. The monoisotopic (exact) mass is 411 g/mol. The van der Waals surface area contributed by atoms with Crippen molar-refractivity contribution in [2.45, 2.75) is 18.8 Å². The molecule has 0 spiro atoms. The molecular formula is C24H20F3NO2. The van der Waals surface area contributed by atoms with E-state index in [0.717, 1.165) is 22.8 Å². The second-order valence-corrected chi connectivity index (χ2v) is 6.56. The van der Waals surface area contributed by atoms with Crippen LogP contribution in [0.1, 0.15) is 33.1 Å². The first-order valence-corrected chi connectivity index (χ1v) is 9.25. The zero-order valence-electron chi connectivity index (χ0n) is 16.0. The van der Waals surface area contributed by atoms with E-state index < -0.39 is 23.7 Å². The third-order valence-corrected chi connectivity index (χ3v) is 4.49. The van der Waals surface area contributed by atoms with Gasteiger partial charge in [-0.05, 0) is 35.4 Å². The van der Waals surface area contributed by atoms with E-state index in [0.29, 0.717) is 11.1 Å². The van der Waals surface area contributed by atoms with Gasteiger partial charge in [0, 0.05) is 5.56 Å². The topological polar surface area (TPSA) is 29.5 Å². The second kappa shape index (κ2) is 9.41. The van der Waals surface area contributed by atoms with Crippen molar-refractivity contribution in [1.29, 1.82) is 0 Å². The molecule has 0 radical (unpaired) electrons. The Labute approximate surface area is 173 Å². The number of halogens is 3. The Kier molecular flexibility index (Phi) is 6.69. The number of benzene rings is 3. The number of hydroxylamine groups is 2. The van der Waals surface area contributed by atoms with E-state index in [-0.39, 0.29) is 6.61 Å². The van der Waals surface area contributed by atoms with Gasteiger partial charge in [0.25, 0.3) is 5.91 Å². The molecule has 3 rings (SSSR count). The molecule has 30 heavy (non-hydrogen) atoms. The zero-order valence-corrected chi connectivity index (χ0v) is 16.0. The molecule has 0 heterocycles. The Hall–Kier alpha value is -3.38. The molecule has 1 amide bonds. The molecule has 0 N–H and O–H groups in total. The number of carbonyl (C=O) groups is 1. The van der Waals surface area contributed by atoms with E-state index in [2.05, 4.69) is 6.58 Å². The Balaban J connectivity index is 1.91. The van der Waals surface area contributed by atoms with Gasteiger partial charge < -0.3 is 0 Å². The minimum Gasteiger partial charge on any atom is -0.267 e. The van der Waals surface area contributed by atoms with Crippen LogP contribution in [-0.2, 0) is 17.6 Å². The van der Waals surface area contributed by atoms with Crippen molar-refractivity contribution in [3.05, 3.63) is 120 Å². The van der Waals surface area contributed by atoms with Gasteiger partial charge in [-0.3, -0.25) is 9.63 Å². The molecule has 0 aliphatic heterocycles. The van der Waals surface area contributed by atoms with Crippen molar-refractivity contribution in [1.82, 2.24) is 5.06 Å². The van der Waals surface area contributed by atoms with Crippen molar-refractivity contribution in [3.8, 4) is 0 Å². The van der Waals surface area contributed by atoms with Crippen molar-refractivity contribution in [3.63, 3.8) is 0 Å². The van der Waals surface area contributed by atoms with Crippen LogP contribution in [0.25, 0.3) is 0 Å². The van der Waals surface area contributed by atoms with Crippen LogP contribution >= 0.6 is 0 Å². The largest absolute Gasteiger partial charge is 0.416 e. The van der Waals surface area contributed by atoms with Crippen molar-refractivity contribution >= 4 is 5.91 Å². The highest BCUT2D eigenvalue weighted by atomic mass is 19.4. The maximum Gasteiger partial charge on any atom is 0.416 e. The maximum absolute atomic E-state index is 13.1. The molecule has 3 aromatic rings. The summed E-state index contributed by atoms with van der Waals surface area (Å²) in [6, 6.07) is 21.6. The van der Waals surface area contributed by atoms with Crippen LogP contribution in [0.15, 0.2) is 97.6 Å². The first kappa shape index (κ1) is 21.3. The molecular weight excluding hydrogens is 391 g/mol. The molecule has 3 nitrogen and oxygen atoms in total. The SMILES string of the molecule is C=CC(c1ccc(C(F)(F)F)cc1)N(OCc1ccccc1)C(=O)c1ccccc1. The molecule has 3 aromatic carbocycles. The van der Waals surface area contributed by atoms with Gasteiger partial charge >= 0.3 is 6.18 Å². The Morgan fingerprint density at radius 3 is 2.03 bits per heavy atom. The molecule has 1 atom stereocenters. The second-order valence-electron chi connectivity index (χ2n) is 6.56.